The molecule has 2 rings (SSSR count). The number of carbonyl (C=O) groups excluding carboxylic acids is 1. The fourth-order valence-electron chi connectivity index (χ4n) is 3.06. The van der Waals surface area contributed by atoms with E-state index in [2.05, 4.69) is 19.9 Å². The van der Waals surface area contributed by atoms with Crippen LogP contribution >= 0.6 is 8.58 Å². The molecule has 0 aliphatic heterocycles. The Bertz CT molecular complexity index is 884. The molecular weight excluding hydrogens is 394 g/mol. The van der Waals surface area contributed by atoms with Crippen LogP contribution in [-0.2, 0) is 9.47 Å². The molecule has 2 aromatic rings. The van der Waals surface area contributed by atoms with E-state index in [9.17, 15) is 4.79 Å². The van der Waals surface area contributed by atoms with Gasteiger partial charge in [0.15, 0.2) is 18.1 Å². The normalized spacial score (nSPS) is 13.1. The van der Waals surface area contributed by atoms with Gasteiger partial charge in [-0.15, -0.1) is 0 Å². The molecule has 5 nitrogen and oxygen atoms in total. The van der Waals surface area contributed by atoms with Crippen LogP contribution in [0.4, 0.5) is 0 Å². The summed E-state index contributed by atoms with van der Waals surface area (Å²) in [6.07, 6.45) is -0.840. The second-order valence-corrected chi connectivity index (χ2v) is 8.33. The third-order valence-electron chi connectivity index (χ3n) is 5.04. The number of hydrogen-bond acceptors (Lipinski definition) is 5. The first-order valence-corrected chi connectivity index (χ1v) is 10.6. The van der Waals surface area contributed by atoms with Gasteiger partial charge in [-0.05, 0) is 84.5 Å². The van der Waals surface area contributed by atoms with Crippen LogP contribution in [0.25, 0.3) is 0 Å². The molecule has 0 saturated carbocycles. The van der Waals surface area contributed by atoms with Crippen LogP contribution in [-0.4, -0.2) is 51.2 Å². The van der Waals surface area contributed by atoms with E-state index in [1.165, 1.54) is 5.56 Å². The maximum atomic E-state index is 13.2. The Morgan fingerprint density at radius 1 is 0.867 bits per heavy atom. The Balaban J connectivity index is 0.00000450. The Morgan fingerprint density at radius 2 is 1.47 bits per heavy atom. The summed E-state index contributed by atoms with van der Waals surface area (Å²) in [4.78, 5) is 13.2. The molecule has 0 saturated heterocycles. The van der Waals surface area contributed by atoms with E-state index in [1.54, 1.807) is 27.2 Å². The zero-order valence-electron chi connectivity index (χ0n) is 18.5. The van der Waals surface area contributed by atoms with Crippen LogP contribution in [0.2, 0.25) is 0 Å². The van der Waals surface area contributed by atoms with E-state index in [1.807, 2.05) is 32.9 Å². The first-order valence-electron chi connectivity index (χ1n) is 9.59. The van der Waals surface area contributed by atoms with E-state index < -0.39 is 12.6 Å². The van der Waals surface area contributed by atoms with Gasteiger partial charge in [0.1, 0.15) is 11.5 Å². The van der Waals surface area contributed by atoms with Crippen molar-refractivity contribution in [3.05, 3.63) is 52.1 Å². The van der Waals surface area contributed by atoms with Gasteiger partial charge in [0.05, 0.1) is 0 Å². The maximum absolute atomic E-state index is 13.2. The van der Waals surface area contributed by atoms with Gasteiger partial charge < -0.3 is 18.9 Å². The van der Waals surface area contributed by atoms with Gasteiger partial charge in [0.2, 0.25) is 0 Å². The molecule has 0 amide bonds. The van der Waals surface area contributed by atoms with Crippen LogP contribution in [0.3, 0.4) is 0 Å². The molecular formula is C23H32LiO5P. The van der Waals surface area contributed by atoms with Crippen LogP contribution in [0.1, 0.15) is 46.5 Å². The predicted molar refractivity (Wildman–Crippen MR) is 125 cm³/mol. The van der Waals surface area contributed by atoms with Crippen molar-refractivity contribution in [2.75, 3.05) is 14.2 Å². The molecule has 0 aromatic heterocycles. The predicted octanol–water partition coefficient (Wildman–Crippen LogP) is 4.16. The summed E-state index contributed by atoms with van der Waals surface area (Å²) < 4.78 is 22.0. The second-order valence-electron chi connectivity index (χ2n) is 7.09. The Morgan fingerprint density at radius 3 is 2.07 bits per heavy atom. The first-order chi connectivity index (χ1) is 13.7. The van der Waals surface area contributed by atoms with Crippen LogP contribution in [0, 0.1) is 27.7 Å². The number of rotatable bonds is 9. The molecule has 3 atom stereocenters. The van der Waals surface area contributed by atoms with Gasteiger partial charge in [-0.1, -0.05) is 6.07 Å². The Hall–Kier alpha value is -1.34. The fourth-order valence-corrected chi connectivity index (χ4v) is 4.24. The Labute approximate surface area is 193 Å². The molecule has 0 radical (unpaired) electrons. The molecule has 0 fully saturated rings. The summed E-state index contributed by atoms with van der Waals surface area (Å²) in [5.41, 5.74) is 5.30. The molecule has 3 unspecified atom stereocenters. The molecule has 0 spiro atoms. The van der Waals surface area contributed by atoms with E-state index in [0.717, 1.165) is 27.6 Å². The number of carbonyl (C=O) groups is 1. The summed E-state index contributed by atoms with van der Waals surface area (Å²) >= 11 is 0. The number of methoxy groups -OCH3 is 2. The third kappa shape index (κ3) is 6.58. The van der Waals surface area contributed by atoms with E-state index in [0.29, 0.717) is 11.5 Å². The van der Waals surface area contributed by atoms with Crippen molar-refractivity contribution in [1.82, 2.24) is 0 Å². The monoisotopic (exact) mass is 426 g/mol. The molecule has 30 heavy (non-hydrogen) atoms. The van der Waals surface area contributed by atoms with Crippen molar-refractivity contribution in [3.63, 3.8) is 0 Å². The van der Waals surface area contributed by atoms with Crippen molar-refractivity contribution in [1.29, 1.82) is 0 Å². The number of benzene rings is 2. The molecule has 160 valence electrons. The summed E-state index contributed by atoms with van der Waals surface area (Å²) in [5, 5.41) is 0.813. The van der Waals surface area contributed by atoms with E-state index in [-0.39, 0.29) is 33.0 Å². The van der Waals surface area contributed by atoms with Crippen LogP contribution < -0.4 is 14.8 Å². The number of hydrogen-bond donors (Lipinski definition) is 0. The van der Waals surface area contributed by atoms with Crippen molar-refractivity contribution in [2.24, 2.45) is 0 Å². The molecule has 0 aliphatic carbocycles. The van der Waals surface area contributed by atoms with Crippen LogP contribution in [0.15, 0.2) is 24.3 Å². The summed E-state index contributed by atoms with van der Waals surface area (Å²) in [6, 6.07) is 7.56. The van der Waals surface area contributed by atoms with Gasteiger partial charge in [-0.3, -0.25) is 4.79 Å². The minimum atomic E-state index is -0.450. The third-order valence-corrected chi connectivity index (χ3v) is 6.20. The average molecular weight is 426 g/mol. The fraction of sp³-hybridized carbons (Fsp3) is 0.435. The molecule has 0 bridgehead atoms. The van der Waals surface area contributed by atoms with Gasteiger partial charge in [0, 0.05) is 31.2 Å². The minimum absolute atomic E-state index is 0. The summed E-state index contributed by atoms with van der Waals surface area (Å²) in [7, 11) is 3.09. The zero-order valence-corrected chi connectivity index (χ0v) is 19.5. The van der Waals surface area contributed by atoms with Crippen molar-refractivity contribution >= 4 is 38.3 Å². The van der Waals surface area contributed by atoms with Crippen LogP contribution in [0.5, 0.6) is 11.5 Å². The van der Waals surface area contributed by atoms with Crippen molar-refractivity contribution in [2.45, 2.75) is 54.1 Å². The standard InChI is InChI=1S/C23H31O5P.Li.H/c1-13-11-14(2)22(16(4)15(13)3)23(24)29-21-10-9-19(27-17(5)25-7)12-20(21)28-18(6)26-8;;/h9-12,17-18,29H,1-8H3;;. The Kier molecular flexibility index (Phi) is 10.6. The molecule has 0 N–H and O–H groups in total. The summed E-state index contributed by atoms with van der Waals surface area (Å²) in [5.74, 6) is 1.18. The SMILES string of the molecule is COC(C)Oc1ccc(PC(=O)c2c(C)cc(C)c(C)c2C)c(OC(C)OC)c1.[LiH]. The number of aryl methyl sites for hydroxylation is 2. The number of ether oxygens (including phenoxy) is 4. The topological polar surface area (TPSA) is 54.0 Å². The molecule has 7 heteroatoms. The van der Waals surface area contributed by atoms with Gasteiger partial charge in [-0.2, -0.15) is 0 Å². The van der Waals surface area contributed by atoms with E-state index >= 15 is 0 Å². The zero-order chi connectivity index (χ0) is 21.7. The molecule has 0 heterocycles. The van der Waals surface area contributed by atoms with Gasteiger partial charge >= 0.3 is 18.9 Å². The average Bonchev–Trinajstić information content (AvgIpc) is 2.67. The second kappa shape index (κ2) is 11.9. The van der Waals surface area contributed by atoms with Crippen molar-refractivity contribution in [3.8, 4) is 11.5 Å². The quantitative estimate of drug-likeness (QED) is 0.342. The van der Waals surface area contributed by atoms with Crippen molar-refractivity contribution < 1.29 is 23.7 Å². The summed E-state index contributed by atoms with van der Waals surface area (Å²) in [6.45, 7) is 11.7. The molecule has 2 aromatic carbocycles. The van der Waals surface area contributed by atoms with E-state index in [4.69, 9.17) is 18.9 Å². The van der Waals surface area contributed by atoms with Gasteiger partial charge in [0.25, 0.3) is 0 Å². The molecule has 0 aliphatic rings. The first kappa shape index (κ1) is 26.7. The van der Waals surface area contributed by atoms with Gasteiger partial charge in [-0.25, -0.2) is 0 Å².